The lowest BCUT2D eigenvalue weighted by Gasteiger charge is -2.33. The van der Waals surface area contributed by atoms with Crippen molar-refractivity contribution in [2.45, 2.75) is 142 Å². The van der Waals surface area contributed by atoms with Gasteiger partial charge in [0, 0.05) is 0 Å². The Morgan fingerprint density at radius 3 is 1.07 bits per heavy atom. The van der Waals surface area contributed by atoms with Crippen molar-refractivity contribution >= 4 is 0 Å². The summed E-state index contributed by atoms with van der Waals surface area (Å²) in [4.78, 5) is 0. The zero-order chi connectivity index (χ0) is 21.8. The predicted octanol–water partition coefficient (Wildman–Crippen LogP) is 3.85. The first-order valence-corrected chi connectivity index (χ1v) is 13.1. The number of unbranched alkanes of at least 4 members (excludes halogenated alkanes) is 14. The van der Waals surface area contributed by atoms with Crippen LogP contribution in [0.5, 0.6) is 0 Å². The minimum Gasteiger partial charge on any atom is -1.00 e. The minimum absolute atomic E-state index is 0. The van der Waals surface area contributed by atoms with Gasteiger partial charge in [-0.3, -0.25) is 0 Å². The van der Waals surface area contributed by atoms with Gasteiger partial charge in [-0.25, -0.2) is 0 Å². The highest BCUT2D eigenvalue weighted by atomic mass is 35.5. The fourth-order valence-corrected chi connectivity index (χ4v) is 4.43. The Balaban J connectivity index is 0. The fourth-order valence-electron chi connectivity index (χ4n) is 4.43. The van der Waals surface area contributed by atoms with Crippen LogP contribution in [0.25, 0.3) is 0 Å². The molecule has 2 unspecified atom stereocenters. The van der Waals surface area contributed by atoms with Gasteiger partial charge >= 0.3 is 0 Å². The summed E-state index contributed by atoms with van der Waals surface area (Å²) in [7, 11) is 4.29. The summed E-state index contributed by atoms with van der Waals surface area (Å²) in [6.45, 7) is 6.03. The summed E-state index contributed by atoms with van der Waals surface area (Å²) < 4.78 is 0.719. The largest absolute Gasteiger partial charge is 1.00 e. The quantitative estimate of drug-likeness (QED) is 0.194. The molecule has 0 rings (SSSR count). The average molecular weight is 450 g/mol. The van der Waals surface area contributed by atoms with Crippen molar-refractivity contribution in [3.05, 3.63) is 0 Å². The van der Waals surface area contributed by atoms with Crippen LogP contribution in [-0.2, 0) is 0 Å². The molecule has 0 aromatic carbocycles. The van der Waals surface area contributed by atoms with Crippen LogP contribution in [0.3, 0.4) is 0 Å². The summed E-state index contributed by atoms with van der Waals surface area (Å²) in [6.07, 6.45) is 22.3. The second kappa shape index (κ2) is 22.4. The lowest BCUT2D eigenvalue weighted by Crippen LogP contribution is -3.00. The van der Waals surface area contributed by atoms with Gasteiger partial charge < -0.3 is 27.1 Å². The normalized spacial score (nSPS) is 13.8. The standard InChI is InChI=1S/C26H56NO2.ClH/c1-5-7-9-11-13-15-17-19-21-25(28)23-27(3,4)24-26(29)22-20-18-16-14-12-10-8-6-2;/h25-26,28-29H,5-24H2,1-4H3;1H/q+1;/p-1. The second-order valence-electron chi connectivity index (χ2n) is 10.1. The lowest BCUT2D eigenvalue weighted by molar-refractivity contribution is -0.896. The van der Waals surface area contributed by atoms with E-state index in [0.717, 1.165) is 43.3 Å². The number of nitrogens with zero attached hydrogens (tertiary/aromatic N) is 1. The number of quaternary nitrogens is 1. The molecular formula is C26H56ClNO2. The molecule has 0 heterocycles. The van der Waals surface area contributed by atoms with E-state index in [1.54, 1.807) is 0 Å². The topological polar surface area (TPSA) is 40.5 Å². The van der Waals surface area contributed by atoms with E-state index in [4.69, 9.17) is 0 Å². The van der Waals surface area contributed by atoms with E-state index < -0.39 is 0 Å². The Morgan fingerprint density at radius 2 is 0.767 bits per heavy atom. The molecule has 0 saturated heterocycles. The van der Waals surface area contributed by atoms with E-state index >= 15 is 0 Å². The Kier molecular flexibility index (Phi) is 24.1. The van der Waals surface area contributed by atoms with Gasteiger partial charge in [0.25, 0.3) is 0 Å². The third kappa shape index (κ3) is 22.8. The third-order valence-corrected chi connectivity index (χ3v) is 6.19. The van der Waals surface area contributed by atoms with Gasteiger partial charge in [0.2, 0.25) is 0 Å². The van der Waals surface area contributed by atoms with Gasteiger partial charge in [-0.1, -0.05) is 117 Å². The van der Waals surface area contributed by atoms with E-state index in [1.165, 1.54) is 89.9 Å². The Morgan fingerprint density at radius 1 is 0.500 bits per heavy atom. The van der Waals surface area contributed by atoms with Crippen molar-refractivity contribution in [2.24, 2.45) is 0 Å². The Bertz CT molecular complexity index is 309. The fraction of sp³-hybridized carbons (Fsp3) is 1.00. The molecule has 0 aliphatic rings. The molecule has 0 amide bonds. The molecule has 184 valence electrons. The summed E-state index contributed by atoms with van der Waals surface area (Å²) in [5.74, 6) is 0. The van der Waals surface area contributed by atoms with Crippen molar-refractivity contribution in [3.63, 3.8) is 0 Å². The number of rotatable bonds is 22. The molecule has 0 radical (unpaired) electrons. The van der Waals surface area contributed by atoms with E-state index in [1.807, 2.05) is 0 Å². The molecule has 3 nitrogen and oxygen atoms in total. The molecule has 0 spiro atoms. The zero-order valence-corrected chi connectivity index (χ0v) is 21.8. The van der Waals surface area contributed by atoms with Crippen molar-refractivity contribution in [2.75, 3.05) is 27.2 Å². The van der Waals surface area contributed by atoms with Crippen molar-refractivity contribution in [1.29, 1.82) is 0 Å². The average Bonchev–Trinajstić information content (AvgIpc) is 2.65. The van der Waals surface area contributed by atoms with Gasteiger partial charge in [0.15, 0.2) is 0 Å². The molecule has 0 aromatic rings. The molecule has 0 saturated carbocycles. The number of aliphatic hydroxyl groups excluding tert-OH is 2. The van der Waals surface area contributed by atoms with Crippen LogP contribution >= 0.6 is 0 Å². The molecule has 4 heteroatoms. The van der Waals surface area contributed by atoms with E-state index in [-0.39, 0.29) is 24.6 Å². The van der Waals surface area contributed by atoms with E-state index in [2.05, 4.69) is 27.9 Å². The lowest BCUT2D eigenvalue weighted by atomic mass is 10.0. The molecular weight excluding hydrogens is 394 g/mol. The van der Waals surface area contributed by atoms with Crippen LogP contribution in [0, 0.1) is 0 Å². The molecule has 0 aliphatic carbocycles. The molecule has 0 bridgehead atoms. The summed E-state index contributed by atoms with van der Waals surface area (Å²) in [5, 5.41) is 20.8. The van der Waals surface area contributed by atoms with Gasteiger partial charge in [-0.05, 0) is 12.8 Å². The van der Waals surface area contributed by atoms with Gasteiger partial charge in [0.05, 0.1) is 14.1 Å². The Labute approximate surface area is 196 Å². The van der Waals surface area contributed by atoms with E-state index in [9.17, 15) is 10.2 Å². The van der Waals surface area contributed by atoms with Crippen molar-refractivity contribution in [3.8, 4) is 0 Å². The first kappa shape index (κ1) is 32.4. The van der Waals surface area contributed by atoms with Crippen LogP contribution in [0.15, 0.2) is 0 Å². The van der Waals surface area contributed by atoms with Crippen LogP contribution in [0.4, 0.5) is 0 Å². The summed E-state index contributed by atoms with van der Waals surface area (Å²) >= 11 is 0. The molecule has 2 atom stereocenters. The number of halogens is 1. The molecule has 0 aliphatic heterocycles. The molecule has 30 heavy (non-hydrogen) atoms. The molecule has 2 N–H and O–H groups in total. The van der Waals surface area contributed by atoms with Gasteiger partial charge in [-0.2, -0.15) is 0 Å². The Hall–Kier alpha value is 0.170. The smallest absolute Gasteiger partial charge is 0.105 e. The van der Waals surface area contributed by atoms with Gasteiger partial charge in [0.1, 0.15) is 25.3 Å². The first-order valence-electron chi connectivity index (χ1n) is 13.1. The second-order valence-corrected chi connectivity index (χ2v) is 10.1. The highest BCUT2D eigenvalue weighted by molar-refractivity contribution is 4.60. The highest BCUT2D eigenvalue weighted by Gasteiger charge is 2.23. The van der Waals surface area contributed by atoms with Crippen molar-refractivity contribution in [1.82, 2.24) is 0 Å². The van der Waals surface area contributed by atoms with Crippen LogP contribution < -0.4 is 12.4 Å². The predicted molar refractivity (Wildman–Crippen MR) is 128 cm³/mol. The maximum atomic E-state index is 10.4. The first-order chi connectivity index (χ1) is 13.9. The minimum atomic E-state index is -0.236. The molecule has 0 fully saturated rings. The monoisotopic (exact) mass is 449 g/mol. The van der Waals surface area contributed by atoms with E-state index in [0.29, 0.717) is 0 Å². The third-order valence-electron chi connectivity index (χ3n) is 6.19. The van der Waals surface area contributed by atoms with Crippen LogP contribution in [-0.4, -0.2) is 54.1 Å². The number of likely N-dealkylation sites (N-methyl/N-ethyl adjacent to an activating group) is 1. The van der Waals surface area contributed by atoms with Crippen LogP contribution in [0.1, 0.15) is 129 Å². The summed E-state index contributed by atoms with van der Waals surface area (Å²) in [5.41, 5.74) is 0. The SMILES string of the molecule is CCCCCCCCCCC(O)C[N+](C)(C)CC(O)CCCCCCCCCC.[Cl-]. The van der Waals surface area contributed by atoms with Gasteiger partial charge in [-0.15, -0.1) is 0 Å². The zero-order valence-electron chi connectivity index (χ0n) is 21.0. The molecule has 0 aromatic heterocycles. The van der Waals surface area contributed by atoms with Crippen molar-refractivity contribution < 1.29 is 27.1 Å². The maximum absolute atomic E-state index is 10.4. The number of hydrogen-bond donors (Lipinski definition) is 2. The highest BCUT2D eigenvalue weighted by Crippen LogP contribution is 2.15. The maximum Gasteiger partial charge on any atom is 0.105 e. The summed E-state index contributed by atoms with van der Waals surface area (Å²) in [6, 6.07) is 0. The number of hydrogen-bond acceptors (Lipinski definition) is 2. The number of aliphatic hydroxyl groups is 2. The van der Waals surface area contributed by atoms with Crippen LogP contribution in [0.2, 0.25) is 0 Å².